The van der Waals surface area contributed by atoms with Crippen LogP contribution in [-0.4, -0.2) is 71.5 Å². The lowest BCUT2D eigenvalue weighted by Gasteiger charge is -2.28. The minimum absolute atomic E-state index is 0.234. The number of ether oxygens (including phenoxy) is 4. The number of nitrogens with zero attached hydrogens (tertiary/aromatic N) is 5. The molecule has 2 N–H and O–H groups in total. The van der Waals surface area contributed by atoms with Crippen LogP contribution in [0.3, 0.4) is 0 Å². The highest BCUT2D eigenvalue weighted by Crippen LogP contribution is 2.28. The highest BCUT2D eigenvalue weighted by molar-refractivity contribution is 5.86. The van der Waals surface area contributed by atoms with Crippen molar-refractivity contribution in [3.05, 3.63) is 48.7 Å². The average Bonchev–Trinajstić information content (AvgIpc) is 3.40. The molecule has 0 atom stereocenters. The Morgan fingerprint density at radius 2 is 1.74 bits per heavy atom. The fourth-order valence-corrected chi connectivity index (χ4v) is 3.54. The molecule has 204 valence electrons. The molecule has 11 nitrogen and oxygen atoms in total. The van der Waals surface area contributed by atoms with Crippen LogP contribution in [0.4, 0.5) is 17.5 Å². The van der Waals surface area contributed by atoms with E-state index < -0.39 is 0 Å². The average molecular weight is 524 g/mol. The zero-order valence-electron chi connectivity index (χ0n) is 22.7. The standard InChI is InChI=1S/C23H25N7O4.2C2H6/c1-31-17-6-4-5-16(15-17)25-22-26-19-20(27-22)28-23(29-21(19)30-9-11-32-12-10-30)34-14-13-33-18-7-2-3-8-24-18;2*1-2/h2-8,15H,9-14H2,1H3,(H2,25,26,27,28,29);2*1-2H3. The zero-order valence-corrected chi connectivity index (χ0v) is 22.7. The summed E-state index contributed by atoms with van der Waals surface area (Å²) in [5.41, 5.74) is 2.06. The van der Waals surface area contributed by atoms with Crippen molar-refractivity contribution in [3.8, 4) is 17.6 Å². The van der Waals surface area contributed by atoms with Gasteiger partial charge in [0.15, 0.2) is 11.5 Å². The van der Waals surface area contributed by atoms with Gasteiger partial charge in [-0.3, -0.25) is 0 Å². The first-order valence-corrected chi connectivity index (χ1v) is 13.0. The molecule has 0 bridgehead atoms. The van der Waals surface area contributed by atoms with E-state index in [0.29, 0.717) is 50.4 Å². The topological polar surface area (TPSA) is 120 Å². The summed E-state index contributed by atoms with van der Waals surface area (Å²) >= 11 is 0. The summed E-state index contributed by atoms with van der Waals surface area (Å²) < 4.78 is 22.2. The number of fused-ring (bicyclic) bond motifs is 1. The molecule has 0 spiro atoms. The Morgan fingerprint density at radius 3 is 2.47 bits per heavy atom. The van der Waals surface area contributed by atoms with Gasteiger partial charge in [0.1, 0.15) is 24.5 Å². The third-order valence-electron chi connectivity index (χ3n) is 5.16. The van der Waals surface area contributed by atoms with Crippen molar-refractivity contribution in [1.82, 2.24) is 24.9 Å². The maximum absolute atomic E-state index is 5.80. The first-order chi connectivity index (χ1) is 18.8. The van der Waals surface area contributed by atoms with E-state index in [1.165, 1.54) is 0 Å². The smallest absolute Gasteiger partial charge is 0.320 e. The van der Waals surface area contributed by atoms with Gasteiger partial charge >= 0.3 is 6.01 Å². The van der Waals surface area contributed by atoms with Gasteiger partial charge in [-0.05, 0) is 18.2 Å². The Hall–Kier alpha value is -4.12. The summed E-state index contributed by atoms with van der Waals surface area (Å²) in [4.78, 5) is 23.4. The van der Waals surface area contributed by atoms with E-state index in [0.717, 1.165) is 22.8 Å². The Labute approximate surface area is 223 Å². The monoisotopic (exact) mass is 523 g/mol. The number of anilines is 3. The Kier molecular flexibility index (Phi) is 11.4. The summed E-state index contributed by atoms with van der Waals surface area (Å²) in [5.74, 6) is 2.55. The molecule has 0 unspecified atom stereocenters. The number of nitrogens with one attached hydrogen (secondary N) is 2. The number of H-pyrrole nitrogens is 1. The van der Waals surface area contributed by atoms with Gasteiger partial charge in [-0.25, -0.2) is 4.98 Å². The molecule has 0 amide bonds. The maximum Gasteiger partial charge on any atom is 0.320 e. The third-order valence-corrected chi connectivity index (χ3v) is 5.16. The first-order valence-electron chi connectivity index (χ1n) is 13.0. The van der Waals surface area contributed by atoms with Gasteiger partial charge in [0.2, 0.25) is 11.8 Å². The fourth-order valence-electron chi connectivity index (χ4n) is 3.54. The molecule has 5 rings (SSSR count). The van der Waals surface area contributed by atoms with Crippen molar-refractivity contribution >= 4 is 28.6 Å². The van der Waals surface area contributed by atoms with Crippen LogP contribution in [0.2, 0.25) is 0 Å². The van der Waals surface area contributed by atoms with Crippen LogP contribution in [0.25, 0.3) is 11.2 Å². The van der Waals surface area contributed by atoms with Crippen molar-refractivity contribution in [1.29, 1.82) is 0 Å². The quantitative estimate of drug-likeness (QED) is 0.295. The Morgan fingerprint density at radius 1 is 0.947 bits per heavy atom. The number of aromatic amines is 1. The van der Waals surface area contributed by atoms with Crippen molar-refractivity contribution in [2.75, 3.05) is 56.8 Å². The van der Waals surface area contributed by atoms with Gasteiger partial charge in [0.25, 0.3) is 0 Å². The predicted molar refractivity (Wildman–Crippen MR) is 149 cm³/mol. The van der Waals surface area contributed by atoms with Crippen molar-refractivity contribution in [2.24, 2.45) is 0 Å². The fraction of sp³-hybridized carbons (Fsp3) is 0.407. The molecule has 4 heterocycles. The number of morpholine rings is 1. The molecule has 1 fully saturated rings. The van der Waals surface area contributed by atoms with E-state index in [2.05, 4.69) is 35.1 Å². The van der Waals surface area contributed by atoms with Crippen LogP contribution < -0.4 is 24.4 Å². The summed E-state index contributed by atoms with van der Waals surface area (Å²) in [6, 6.07) is 13.3. The molecule has 0 radical (unpaired) electrons. The van der Waals surface area contributed by atoms with E-state index in [9.17, 15) is 0 Å². The first kappa shape index (κ1) is 28.5. The van der Waals surface area contributed by atoms with E-state index in [1.54, 1.807) is 19.4 Å². The van der Waals surface area contributed by atoms with Crippen LogP contribution in [0, 0.1) is 0 Å². The number of imidazole rings is 1. The molecule has 38 heavy (non-hydrogen) atoms. The largest absolute Gasteiger partial charge is 0.497 e. The molecule has 0 saturated carbocycles. The van der Waals surface area contributed by atoms with Gasteiger partial charge in [0, 0.05) is 37.1 Å². The highest BCUT2D eigenvalue weighted by atomic mass is 16.5. The van der Waals surface area contributed by atoms with Crippen molar-refractivity contribution < 1.29 is 18.9 Å². The molecule has 1 saturated heterocycles. The molecule has 11 heteroatoms. The minimum Gasteiger partial charge on any atom is -0.497 e. The van der Waals surface area contributed by atoms with Crippen LogP contribution in [0.15, 0.2) is 48.7 Å². The van der Waals surface area contributed by atoms with Crippen LogP contribution in [0.1, 0.15) is 27.7 Å². The van der Waals surface area contributed by atoms with Crippen LogP contribution in [0.5, 0.6) is 17.6 Å². The number of pyridine rings is 1. The summed E-state index contributed by atoms with van der Waals surface area (Å²) in [7, 11) is 1.63. The van der Waals surface area contributed by atoms with Gasteiger partial charge in [-0.2, -0.15) is 15.0 Å². The Bertz CT molecular complexity index is 1230. The van der Waals surface area contributed by atoms with E-state index in [1.807, 2.05) is 64.1 Å². The molecule has 1 aliphatic rings. The summed E-state index contributed by atoms with van der Waals surface area (Å²) in [6.07, 6.45) is 1.68. The van der Waals surface area contributed by atoms with Gasteiger partial charge in [-0.15, -0.1) is 0 Å². The number of hydrogen-bond donors (Lipinski definition) is 2. The molecular weight excluding hydrogens is 486 g/mol. The second kappa shape index (κ2) is 15.2. The van der Waals surface area contributed by atoms with E-state index >= 15 is 0 Å². The normalized spacial score (nSPS) is 12.5. The molecular formula is C27H37N7O4. The van der Waals surface area contributed by atoms with E-state index in [-0.39, 0.29) is 12.6 Å². The number of hydrogen-bond acceptors (Lipinski definition) is 10. The van der Waals surface area contributed by atoms with Crippen molar-refractivity contribution in [3.63, 3.8) is 0 Å². The zero-order chi connectivity index (χ0) is 27.2. The lowest BCUT2D eigenvalue weighted by Crippen LogP contribution is -2.37. The van der Waals surface area contributed by atoms with Gasteiger partial charge in [0.05, 0.1) is 20.3 Å². The second-order valence-corrected chi connectivity index (χ2v) is 7.44. The second-order valence-electron chi connectivity index (χ2n) is 7.44. The van der Waals surface area contributed by atoms with Crippen LogP contribution >= 0.6 is 0 Å². The third kappa shape index (κ3) is 7.69. The summed E-state index contributed by atoms with van der Waals surface area (Å²) in [5, 5.41) is 3.26. The lowest BCUT2D eigenvalue weighted by molar-refractivity contribution is 0.122. The lowest BCUT2D eigenvalue weighted by atomic mass is 10.3. The maximum atomic E-state index is 5.80. The number of methoxy groups -OCH3 is 1. The number of rotatable bonds is 9. The molecule has 0 aliphatic carbocycles. The van der Waals surface area contributed by atoms with E-state index in [4.69, 9.17) is 18.9 Å². The highest BCUT2D eigenvalue weighted by Gasteiger charge is 2.21. The minimum atomic E-state index is 0.234. The summed E-state index contributed by atoms with van der Waals surface area (Å²) in [6.45, 7) is 11.3. The van der Waals surface area contributed by atoms with Gasteiger partial charge < -0.3 is 34.1 Å². The van der Waals surface area contributed by atoms with Gasteiger partial charge in [-0.1, -0.05) is 39.8 Å². The van der Waals surface area contributed by atoms with Crippen molar-refractivity contribution in [2.45, 2.75) is 27.7 Å². The molecule has 1 aliphatic heterocycles. The molecule has 1 aromatic carbocycles. The predicted octanol–water partition coefficient (Wildman–Crippen LogP) is 4.85. The SMILES string of the molecule is CC.CC.COc1cccc(Nc2nc3nc(OCCOc4ccccn4)nc(N4CCOCC4)c3[nH]2)c1. The van der Waals surface area contributed by atoms with Crippen LogP contribution in [-0.2, 0) is 4.74 Å². The Balaban J connectivity index is 0.000000956. The number of benzene rings is 1. The molecule has 3 aromatic heterocycles. The molecule has 4 aromatic rings. The number of aromatic nitrogens is 5.